The number of aromatic nitrogens is 2. The Morgan fingerprint density at radius 1 is 1.73 bits per heavy atom. The van der Waals surface area contributed by atoms with E-state index in [1.807, 2.05) is 13.2 Å². The lowest BCUT2D eigenvalue weighted by molar-refractivity contribution is -0.667. The Labute approximate surface area is 67.1 Å². The van der Waals surface area contributed by atoms with Crippen LogP contribution in [-0.2, 0) is 7.05 Å². The fourth-order valence-electron chi connectivity index (χ4n) is 0.385. The second-order valence-corrected chi connectivity index (χ2v) is 1.94. The van der Waals surface area contributed by atoms with Crippen molar-refractivity contribution in [2.45, 2.75) is 0 Å². The molecule has 6 nitrogen and oxygen atoms in total. The number of hydrogen-bond donors (Lipinski definition) is 1. The molecule has 0 unspecified atom stereocenters. The maximum atomic E-state index is 8.25. The smallest absolute Gasteiger partial charge is 0.352 e. The highest BCUT2D eigenvalue weighted by Gasteiger charge is 1.96. The molecule has 0 saturated carbocycles. The van der Waals surface area contributed by atoms with Crippen molar-refractivity contribution < 1.29 is 9.65 Å². The summed E-state index contributed by atoms with van der Waals surface area (Å²) < 4.78 is 1.79. The fourth-order valence-corrected chi connectivity index (χ4v) is 0.504. The van der Waals surface area contributed by atoms with Crippen molar-refractivity contribution in [3.63, 3.8) is 0 Å². The Kier molecular flexibility index (Phi) is 3.97. The van der Waals surface area contributed by atoms with Gasteiger partial charge in [0.2, 0.25) is 0 Å². The Hall–Kier alpha value is -1.30. The van der Waals surface area contributed by atoms with Gasteiger partial charge in [-0.1, -0.05) is 0 Å². The van der Waals surface area contributed by atoms with Crippen molar-refractivity contribution in [2.24, 2.45) is 7.05 Å². The summed E-state index contributed by atoms with van der Waals surface area (Å²) in [5, 5.41) is 15.4. The van der Waals surface area contributed by atoms with Crippen molar-refractivity contribution in [3.8, 4) is 0 Å². The molecule has 0 bridgehead atoms. The number of rotatable bonds is 0. The maximum absolute atomic E-state index is 8.25. The van der Waals surface area contributed by atoms with E-state index in [0.29, 0.717) is 5.28 Å². The van der Waals surface area contributed by atoms with Crippen LogP contribution in [0.5, 0.6) is 0 Å². The van der Waals surface area contributed by atoms with Gasteiger partial charge in [-0.05, 0) is 0 Å². The van der Waals surface area contributed by atoms with Crippen LogP contribution >= 0.6 is 11.6 Å². The van der Waals surface area contributed by atoms with E-state index in [1.165, 1.54) is 0 Å². The molecule has 0 spiro atoms. The first-order valence-corrected chi connectivity index (χ1v) is 2.92. The van der Waals surface area contributed by atoms with Crippen molar-refractivity contribution in [3.05, 3.63) is 33.0 Å². The van der Waals surface area contributed by atoms with Gasteiger partial charge in [0.15, 0.2) is 0 Å². The van der Waals surface area contributed by atoms with Gasteiger partial charge >= 0.3 is 5.28 Å². The lowest BCUT2D eigenvalue weighted by Crippen LogP contribution is -2.25. The van der Waals surface area contributed by atoms with Gasteiger partial charge in [-0.3, -0.25) is 0 Å². The van der Waals surface area contributed by atoms with Crippen LogP contribution in [-0.4, -0.2) is 10.1 Å². The molecule has 1 heterocycles. The summed E-state index contributed by atoms with van der Waals surface area (Å²) >= 11 is 5.53. The van der Waals surface area contributed by atoms with E-state index in [4.69, 9.17) is 26.9 Å². The maximum Gasteiger partial charge on any atom is 0.352 e. The molecule has 0 atom stereocenters. The Morgan fingerprint density at radius 2 is 2.18 bits per heavy atom. The molecular weight excluding hydrogens is 174 g/mol. The third kappa shape index (κ3) is 5.16. The monoisotopic (exact) mass is 179 g/mol. The average Bonchev–Trinajstić information content (AvgIpc) is 2.15. The van der Waals surface area contributed by atoms with E-state index >= 15 is 0 Å². The minimum absolute atomic E-state index is 0.653. The summed E-state index contributed by atoms with van der Waals surface area (Å²) in [4.78, 5) is 11.0. The lowest BCUT2D eigenvalue weighted by Gasteiger charge is -1.74. The third-order valence-electron chi connectivity index (χ3n) is 0.810. The molecule has 1 rings (SSSR count). The fraction of sp³-hybridized carbons (Fsp3) is 0.250. The lowest BCUT2D eigenvalue weighted by atomic mass is 10.9. The number of imidazole rings is 1. The first kappa shape index (κ1) is 9.70. The SMILES string of the molecule is C[n+]1cc[nH]c1Cl.O=[N+]([O-])[O-]. The van der Waals surface area contributed by atoms with Gasteiger partial charge in [-0.2, -0.15) is 0 Å². The van der Waals surface area contributed by atoms with Crippen LogP contribution in [0.4, 0.5) is 0 Å². The van der Waals surface area contributed by atoms with Gasteiger partial charge in [0.1, 0.15) is 12.4 Å². The number of hydrogen-bond acceptors (Lipinski definition) is 3. The Bertz CT molecular complexity index is 216. The number of nitrogens with one attached hydrogen (secondary N) is 1. The van der Waals surface area contributed by atoms with Gasteiger partial charge in [0.05, 0.1) is 12.1 Å². The quantitative estimate of drug-likeness (QED) is 0.352. The normalized spacial score (nSPS) is 8.18. The summed E-state index contributed by atoms with van der Waals surface area (Å²) in [6.07, 6.45) is 3.63. The highest BCUT2D eigenvalue weighted by Crippen LogP contribution is 1.90. The molecule has 62 valence electrons. The van der Waals surface area contributed by atoms with Gasteiger partial charge in [0.25, 0.3) is 0 Å². The molecule has 1 aromatic rings. The van der Waals surface area contributed by atoms with E-state index in [0.717, 1.165) is 0 Å². The molecule has 0 aliphatic carbocycles. The molecule has 11 heavy (non-hydrogen) atoms. The molecule has 0 aromatic carbocycles. The minimum atomic E-state index is -1.75. The topological polar surface area (TPSA) is 85.9 Å². The zero-order chi connectivity index (χ0) is 8.85. The van der Waals surface area contributed by atoms with E-state index in [-0.39, 0.29) is 0 Å². The highest BCUT2D eigenvalue weighted by molar-refractivity contribution is 6.27. The van der Waals surface area contributed by atoms with Crippen molar-refractivity contribution >= 4 is 11.6 Å². The molecule has 0 radical (unpaired) electrons. The molecule has 1 N–H and O–H groups in total. The van der Waals surface area contributed by atoms with Gasteiger partial charge < -0.3 is 15.3 Å². The van der Waals surface area contributed by atoms with Crippen molar-refractivity contribution in [2.75, 3.05) is 0 Å². The summed E-state index contributed by atoms with van der Waals surface area (Å²) in [5.74, 6) is 0. The molecule has 0 aliphatic heterocycles. The number of H-pyrrole nitrogens is 1. The van der Waals surface area contributed by atoms with Crippen LogP contribution < -0.4 is 4.57 Å². The third-order valence-corrected chi connectivity index (χ3v) is 1.19. The van der Waals surface area contributed by atoms with E-state index < -0.39 is 5.09 Å². The molecule has 7 heteroatoms. The largest absolute Gasteiger partial charge is 0.356 e. The van der Waals surface area contributed by atoms with Crippen LogP contribution in [0.3, 0.4) is 0 Å². The van der Waals surface area contributed by atoms with Gasteiger partial charge in [-0.15, -0.1) is 0 Å². The second kappa shape index (κ2) is 4.51. The molecule has 0 aliphatic rings. The Morgan fingerprint density at radius 3 is 2.27 bits per heavy atom. The van der Waals surface area contributed by atoms with E-state index in [9.17, 15) is 0 Å². The molecular formula is C4H6ClN3O3. The molecule has 0 saturated heterocycles. The highest BCUT2D eigenvalue weighted by atomic mass is 35.5. The standard InChI is InChI=1S/C4H5ClN2.NO3/c1-7-3-2-6-4(7)5;2-1(3)4/h2-3H,1H3;/q;-1/p+1. The summed E-state index contributed by atoms with van der Waals surface area (Å²) in [6, 6.07) is 0. The molecule has 0 amide bonds. The summed E-state index contributed by atoms with van der Waals surface area (Å²) in [6.45, 7) is 0. The predicted molar refractivity (Wildman–Crippen MR) is 37.3 cm³/mol. The second-order valence-electron chi connectivity index (χ2n) is 1.59. The van der Waals surface area contributed by atoms with Gasteiger partial charge in [0, 0.05) is 11.6 Å². The molecule has 0 fully saturated rings. The minimum Gasteiger partial charge on any atom is -0.356 e. The first-order valence-electron chi connectivity index (χ1n) is 2.54. The van der Waals surface area contributed by atoms with Crippen molar-refractivity contribution in [1.82, 2.24) is 4.98 Å². The average molecular weight is 180 g/mol. The van der Waals surface area contributed by atoms with Gasteiger partial charge in [-0.25, -0.2) is 9.55 Å². The van der Waals surface area contributed by atoms with E-state index in [1.54, 1.807) is 10.8 Å². The van der Waals surface area contributed by atoms with Crippen LogP contribution in [0.2, 0.25) is 5.28 Å². The van der Waals surface area contributed by atoms with Crippen LogP contribution in [0.25, 0.3) is 0 Å². The predicted octanol–water partition coefficient (Wildman–Crippen LogP) is 0.253. The Balaban J connectivity index is 0.000000218. The molecule has 1 aromatic heterocycles. The first-order chi connectivity index (χ1) is 5.04. The van der Waals surface area contributed by atoms with Crippen LogP contribution in [0.1, 0.15) is 0 Å². The zero-order valence-electron chi connectivity index (χ0n) is 5.65. The summed E-state index contributed by atoms with van der Waals surface area (Å²) in [5.41, 5.74) is 0. The number of aromatic amines is 1. The number of aryl methyl sites for hydroxylation is 1. The number of halogens is 1. The van der Waals surface area contributed by atoms with Crippen LogP contribution in [0, 0.1) is 15.3 Å². The summed E-state index contributed by atoms with van der Waals surface area (Å²) in [7, 11) is 1.87. The van der Waals surface area contributed by atoms with E-state index in [2.05, 4.69) is 4.98 Å². The van der Waals surface area contributed by atoms with Crippen molar-refractivity contribution in [1.29, 1.82) is 0 Å². The zero-order valence-corrected chi connectivity index (χ0v) is 6.41. The van der Waals surface area contributed by atoms with Crippen LogP contribution in [0.15, 0.2) is 12.4 Å². The number of nitrogens with zero attached hydrogens (tertiary/aromatic N) is 2.